The molecule has 0 aliphatic heterocycles. The molecule has 0 aliphatic carbocycles. The van der Waals surface area contributed by atoms with Crippen molar-refractivity contribution in [3.05, 3.63) is 29.5 Å². The van der Waals surface area contributed by atoms with Gasteiger partial charge in [0.2, 0.25) is 0 Å². The van der Waals surface area contributed by atoms with Crippen molar-refractivity contribution in [1.29, 1.82) is 0 Å². The first-order valence-corrected chi connectivity index (χ1v) is 5.12. The van der Waals surface area contributed by atoms with Crippen molar-refractivity contribution in [2.24, 2.45) is 0 Å². The van der Waals surface area contributed by atoms with Crippen molar-refractivity contribution in [2.75, 3.05) is 7.11 Å². The van der Waals surface area contributed by atoms with Gasteiger partial charge in [-0.1, -0.05) is 0 Å². The lowest BCUT2D eigenvalue weighted by atomic mass is 10.1. The number of Topliss-reactive ketones (excluding diaryl/α,β-unsaturated/α-hetero) is 1. The van der Waals surface area contributed by atoms with Crippen molar-refractivity contribution in [2.45, 2.75) is 13.1 Å². The third kappa shape index (κ3) is 1.94. The Balaban J connectivity index is 2.79. The van der Waals surface area contributed by atoms with Crippen LogP contribution in [0.2, 0.25) is 0 Å². The molecule has 0 fully saturated rings. The van der Waals surface area contributed by atoms with Crippen molar-refractivity contribution < 1.29 is 22.7 Å². The molecular weight excluding hydrogens is 247 g/mol. The molecule has 6 heteroatoms. The lowest BCUT2D eigenvalue weighted by Gasteiger charge is -2.05. The van der Waals surface area contributed by atoms with Gasteiger partial charge in [0.25, 0.3) is 0 Å². The van der Waals surface area contributed by atoms with Gasteiger partial charge in [-0.2, -0.15) is 13.2 Å². The quantitative estimate of drug-likeness (QED) is 0.838. The summed E-state index contributed by atoms with van der Waals surface area (Å²) in [7, 11) is 1.42. The van der Waals surface area contributed by atoms with Crippen molar-refractivity contribution in [3.63, 3.8) is 0 Å². The zero-order valence-corrected chi connectivity index (χ0v) is 9.68. The van der Waals surface area contributed by atoms with Crippen LogP contribution < -0.4 is 4.74 Å². The van der Waals surface area contributed by atoms with E-state index in [0.29, 0.717) is 5.75 Å². The van der Waals surface area contributed by atoms with E-state index in [4.69, 9.17) is 4.74 Å². The highest BCUT2D eigenvalue weighted by molar-refractivity contribution is 6.08. The van der Waals surface area contributed by atoms with E-state index in [-0.39, 0.29) is 16.5 Å². The first-order chi connectivity index (χ1) is 8.34. The van der Waals surface area contributed by atoms with Gasteiger partial charge in [-0.3, -0.25) is 4.79 Å². The number of halogens is 3. The summed E-state index contributed by atoms with van der Waals surface area (Å²) in [6, 6.07) is 4.39. The van der Waals surface area contributed by atoms with E-state index < -0.39 is 17.7 Å². The SMILES string of the molecule is COc1ccc2c(C(C)=O)c(C(F)(F)F)[nH]c2c1. The van der Waals surface area contributed by atoms with Gasteiger partial charge >= 0.3 is 6.18 Å². The topological polar surface area (TPSA) is 42.1 Å². The summed E-state index contributed by atoms with van der Waals surface area (Å²) < 4.78 is 43.4. The highest BCUT2D eigenvalue weighted by Gasteiger charge is 2.37. The lowest BCUT2D eigenvalue weighted by Crippen LogP contribution is -2.10. The predicted octanol–water partition coefficient (Wildman–Crippen LogP) is 3.40. The molecule has 2 aromatic rings. The number of aromatic amines is 1. The molecule has 0 atom stereocenters. The summed E-state index contributed by atoms with van der Waals surface area (Å²) in [6.45, 7) is 1.11. The van der Waals surface area contributed by atoms with Gasteiger partial charge in [0.15, 0.2) is 5.78 Å². The number of aromatic nitrogens is 1. The largest absolute Gasteiger partial charge is 0.497 e. The van der Waals surface area contributed by atoms with Gasteiger partial charge in [-0.05, 0) is 19.1 Å². The number of hydrogen-bond donors (Lipinski definition) is 1. The third-order valence-corrected chi connectivity index (χ3v) is 2.64. The predicted molar refractivity (Wildman–Crippen MR) is 59.9 cm³/mol. The molecule has 1 aromatic heterocycles. The van der Waals surface area contributed by atoms with Crippen molar-refractivity contribution in [3.8, 4) is 5.75 Å². The number of methoxy groups -OCH3 is 1. The number of carbonyl (C=O) groups is 1. The summed E-state index contributed by atoms with van der Waals surface area (Å²) in [6.07, 6.45) is -4.59. The van der Waals surface area contributed by atoms with Crippen LogP contribution in [0.4, 0.5) is 13.2 Å². The Kier molecular flexibility index (Phi) is 2.80. The molecule has 0 bridgehead atoms. The normalized spacial score (nSPS) is 11.8. The molecule has 1 heterocycles. The van der Waals surface area contributed by atoms with E-state index in [9.17, 15) is 18.0 Å². The van der Waals surface area contributed by atoms with Gasteiger partial charge < -0.3 is 9.72 Å². The fourth-order valence-electron chi connectivity index (χ4n) is 1.88. The van der Waals surface area contributed by atoms with Gasteiger partial charge in [0, 0.05) is 11.5 Å². The van der Waals surface area contributed by atoms with Crippen LogP contribution in [0.25, 0.3) is 10.9 Å². The first kappa shape index (κ1) is 12.5. The number of rotatable bonds is 2. The Hall–Kier alpha value is -1.98. The van der Waals surface area contributed by atoms with Crippen molar-refractivity contribution in [1.82, 2.24) is 4.98 Å². The number of H-pyrrole nitrogens is 1. The number of nitrogens with one attached hydrogen (secondary N) is 1. The van der Waals surface area contributed by atoms with E-state index in [2.05, 4.69) is 4.98 Å². The molecular formula is C12H10F3NO2. The van der Waals surface area contributed by atoms with E-state index in [0.717, 1.165) is 6.92 Å². The van der Waals surface area contributed by atoms with Gasteiger partial charge in [0.1, 0.15) is 11.4 Å². The molecule has 0 saturated carbocycles. The molecule has 0 spiro atoms. The van der Waals surface area contributed by atoms with Gasteiger partial charge in [0.05, 0.1) is 18.2 Å². The maximum atomic E-state index is 12.8. The number of hydrogen-bond acceptors (Lipinski definition) is 2. The number of ether oxygens (including phenoxy) is 1. The van der Waals surface area contributed by atoms with Gasteiger partial charge in [-0.15, -0.1) is 0 Å². The Morgan fingerprint density at radius 3 is 2.50 bits per heavy atom. The summed E-state index contributed by atoms with van der Waals surface area (Å²) >= 11 is 0. The van der Waals surface area contributed by atoms with Crippen LogP contribution in [0.15, 0.2) is 18.2 Å². The Morgan fingerprint density at radius 2 is 2.00 bits per heavy atom. The third-order valence-electron chi connectivity index (χ3n) is 2.64. The summed E-state index contributed by atoms with van der Waals surface area (Å²) in [5, 5.41) is 0.246. The van der Waals surface area contributed by atoms with Gasteiger partial charge in [-0.25, -0.2) is 0 Å². The molecule has 18 heavy (non-hydrogen) atoms. The maximum Gasteiger partial charge on any atom is 0.431 e. The molecule has 0 amide bonds. The summed E-state index contributed by atoms with van der Waals surface area (Å²) in [5.41, 5.74) is -1.12. The monoisotopic (exact) mass is 257 g/mol. The Labute approximate surface area is 101 Å². The number of carbonyl (C=O) groups excluding carboxylic acids is 1. The zero-order valence-electron chi connectivity index (χ0n) is 9.68. The lowest BCUT2D eigenvalue weighted by molar-refractivity contribution is -0.140. The molecule has 3 nitrogen and oxygen atoms in total. The van der Waals surface area contributed by atoms with E-state index in [1.165, 1.54) is 25.3 Å². The Morgan fingerprint density at radius 1 is 1.33 bits per heavy atom. The van der Waals surface area contributed by atoms with E-state index >= 15 is 0 Å². The summed E-state index contributed by atoms with van der Waals surface area (Å²) in [4.78, 5) is 13.6. The van der Waals surface area contributed by atoms with Crippen LogP contribution in [-0.2, 0) is 6.18 Å². The van der Waals surface area contributed by atoms with E-state index in [1.54, 1.807) is 0 Å². The molecule has 2 rings (SSSR count). The van der Waals surface area contributed by atoms with Crippen molar-refractivity contribution >= 4 is 16.7 Å². The summed E-state index contributed by atoms with van der Waals surface area (Å²) in [5.74, 6) is -0.202. The first-order valence-electron chi connectivity index (χ1n) is 5.12. The standard InChI is InChI=1S/C12H10F3NO2/c1-6(17)10-8-4-3-7(18-2)5-9(8)16-11(10)12(13,14)15/h3-5,16H,1-2H3. The second kappa shape index (κ2) is 4.04. The fraction of sp³-hybridized carbons (Fsp3) is 0.250. The zero-order chi connectivity index (χ0) is 13.5. The highest BCUT2D eigenvalue weighted by atomic mass is 19.4. The second-order valence-electron chi connectivity index (χ2n) is 3.84. The van der Waals surface area contributed by atoms with Crippen LogP contribution in [-0.4, -0.2) is 17.9 Å². The molecule has 1 N–H and O–H groups in total. The average Bonchev–Trinajstić information content (AvgIpc) is 2.66. The average molecular weight is 257 g/mol. The number of alkyl halides is 3. The minimum atomic E-state index is -4.59. The minimum absolute atomic E-state index is 0.229. The van der Waals surface area contributed by atoms with Crippen LogP contribution in [0.5, 0.6) is 5.75 Å². The highest BCUT2D eigenvalue weighted by Crippen LogP contribution is 2.36. The van der Waals surface area contributed by atoms with Crippen LogP contribution in [0, 0.1) is 0 Å². The molecule has 0 unspecified atom stereocenters. The van der Waals surface area contributed by atoms with E-state index in [1.807, 2.05) is 0 Å². The molecule has 0 radical (unpaired) electrons. The van der Waals surface area contributed by atoms with Crippen LogP contribution in [0.3, 0.4) is 0 Å². The van der Waals surface area contributed by atoms with Crippen LogP contribution >= 0.6 is 0 Å². The number of ketones is 1. The molecule has 1 aromatic carbocycles. The van der Waals surface area contributed by atoms with Crippen LogP contribution in [0.1, 0.15) is 23.0 Å². The molecule has 0 saturated heterocycles. The Bertz CT molecular complexity index is 614. The fourth-order valence-corrected chi connectivity index (χ4v) is 1.88. The second-order valence-corrected chi connectivity index (χ2v) is 3.84. The molecule has 96 valence electrons. The number of benzene rings is 1. The smallest absolute Gasteiger partial charge is 0.431 e. The minimum Gasteiger partial charge on any atom is -0.497 e. The molecule has 0 aliphatic rings. The number of fused-ring (bicyclic) bond motifs is 1. The maximum absolute atomic E-state index is 12.8.